The second kappa shape index (κ2) is 12.0. The van der Waals surface area contributed by atoms with Crippen molar-refractivity contribution in [1.29, 1.82) is 0 Å². The minimum Gasteiger partial charge on any atom is -0.399 e. The maximum Gasteiger partial charge on any atom is 0.190 e. The lowest BCUT2D eigenvalue weighted by Gasteiger charge is -2.63. The normalized spacial score (nSPS) is 37.4. The Labute approximate surface area is 274 Å². The smallest absolute Gasteiger partial charge is 0.190 e. The Morgan fingerprint density at radius 3 is 2.47 bits per heavy atom. The summed E-state index contributed by atoms with van der Waals surface area (Å²) in [7, 11) is 0. The van der Waals surface area contributed by atoms with E-state index in [9.17, 15) is 19.8 Å². The van der Waals surface area contributed by atoms with E-state index in [2.05, 4.69) is 6.92 Å². The maximum atomic E-state index is 17.6. The average molecular weight is 650 g/mol. The number of carbonyl (C=O) groups is 2. The number of halogens is 2. The molecule has 7 nitrogen and oxygen atoms in total. The van der Waals surface area contributed by atoms with E-state index in [-0.39, 0.29) is 37.4 Å². The zero-order chi connectivity index (χ0) is 33.9. The van der Waals surface area contributed by atoms with Gasteiger partial charge in [0.2, 0.25) is 0 Å². The van der Waals surface area contributed by atoms with Crippen LogP contribution in [0.15, 0.2) is 72.3 Å². The van der Waals surface area contributed by atoms with E-state index in [1.807, 2.05) is 55.5 Å². The summed E-state index contributed by atoms with van der Waals surface area (Å²) in [4.78, 5) is 26.1. The van der Waals surface area contributed by atoms with Crippen molar-refractivity contribution < 1.29 is 38.1 Å². The number of fused-ring (bicyclic) bond motifs is 5. The van der Waals surface area contributed by atoms with E-state index in [4.69, 9.17) is 15.2 Å². The molecule has 0 aliphatic heterocycles. The van der Waals surface area contributed by atoms with Crippen molar-refractivity contribution in [2.24, 2.45) is 22.7 Å². The second-order valence-corrected chi connectivity index (χ2v) is 14.3. The molecule has 47 heavy (non-hydrogen) atoms. The van der Waals surface area contributed by atoms with Gasteiger partial charge in [-0.3, -0.25) is 9.59 Å². The number of aliphatic hydroxyl groups excluding tert-OH is 2. The average Bonchev–Trinajstić information content (AvgIpc) is 3.34. The Morgan fingerprint density at radius 2 is 1.81 bits per heavy atom. The standard InChI is InChI=1S/C38H45F2NO6/c1-5-46-34(24-11-9-23(10-12-24)22(2)25-7-6-8-26(41)17-25)47-37(33(45)21-42)16-14-28-29-19-31(39)30-18-27(43)13-15-35(30,3)38(29,40)32(44)20-36(28,37)4/h6-13,15,17-18,22,28-29,31-32,34,42,44H,5,14,16,19-21,41H2,1-4H3/t22-,28+,29+,31+,32+,34-,35+,36+,37+,38+/m1/s1. The van der Waals surface area contributed by atoms with E-state index in [1.165, 1.54) is 12.2 Å². The van der Waals surface area contributed by atoms with Gasteiger partial charge in [0.05, 0.1) is 6.10 Å². The summed E-state index contributed by atoms with van der Waals surface area (Å²) in [6.45, 7) is 6.68. The van der Waals surface area contributed by atoms with Crippen molar-refractivity contribution in [3.05, 3.63) is 89.0 Å². The van der Waals surface area contributed by atoms with Gasteiger partial charge in [0.1, 0.15) is 18.4 Å². The lowest BCUT2D eigenvalue weighted by Crippen LogP contribution is -2.70. The molecule has 0 heterocycles. The minimum atomic E-state index is -2.28. The Bertz CT molecular complexity index is 1610. The molecule has 10 atom stereocenters. The van der Waals surface area contributed by atoms with Crippen LogP contribution in [-0.2, 0) is 19.1 Å². The molecule has 0 amide bonds. The fraction of sp³-hybridized carbons (Fsp3) is 0.526. The van der Waals surface area contributed by atoms with E-state index in [0.717, 1.165) is 17.2 Å². The SMILES string of the molecule is CCO[C@H](O[C@]1(C(=O)CO)CC[C@H]2[C@@H]3C[C@H](F)C4=CC(=O)C=C[C@]4(C)[C@@]3(F)[C@@H](O)C[C@@]21C)c1ccc([C@@H](C)c2cccc(N)c2)cc1. The first kappa shape index (κ1) is 33.7. The number of Topliss-reactive ketones (excluding diaryl/α,β-unsaturated/α-hetero) is 1. The number of benzene rings is 2. The van der Waals surface area contributed by atoms with Crippen LogP contribution in [0, 0.1) is 22.7 Å². The molecule has 0 spiro atoms. The molecule has 252 valence electrons. The van der Waals surface area contributed by atoms with Gasteiger partial charge in [0.25, 0.3) is 0 Å². The summed E-state index contributed by atoms with van der Waals surface area (Å²) < 4.78 is 46.4. The number of aliphatic hydroxyl groups is 2. The number of hydrogen-bond acceptors (Lipinski definition) is 7. The summed E-state index contributed by atoms with van der Waals surface area (Å²) in [6.07, 6.45) is -0.317. The third-order valence-electron chi connectivity index (χ3n) is 12.1. The van der Waals surface area contributed by atoms with E-state index in [0.29, 0.717) is 17.7 Å². The van der Waals surface area contributed by atoms with Gasteiger partial charge in [-0.25, -0.2) is 8.78 Å². The molecule has 4 aliphatic carbocycles. The van der Waals surface area contributed by atoms with Crippen molar-refractivity contribution in [3.63, 3.8) is 0 Å². The Kier molecular flexibility index (Phi) is 8.61. The van der Waals surface area contributed by atoms with Gasteiger partial charge in [0, 0.05) is 40.5 Å². The monoisotopic (exact) mass is 649 g/mol. The summed E-state index contributed by atoms with van der Waals surface area (Å²) in [5, 5.41) is 22.0. The number of allylic oxidation sites excluding steroid dienone is 4. The van der Waals surface area contributed by atoms with Crippen LogP contribution in [-0.4, -0.2) is 58.5 Å². The predicted molar refractivity (Wildman–Crippen MR) is 174 cm³/mol. The number of anilines is 1. The predicted octanol–water partition coefficient (Wildman–Crippen LogP) is 6.09. The van der Waals surface area contributed by atoms with Gasteiger partial charge < -0.3 is 25.4 Å². The second-order valence-electron chi connectivity index (χ2n) is 14.3. The molecule has 0 radical (unpaired) electrons. The lowest BCUT2D eigenvalue weighted by molar-refractivity contribution is -0.268. The van der Waals surface area contributed by atoms with Crippen LogP contribution in [0.3, 0.4) is 0 Å². The highest BCUT2D eigenvalue weighted by atomic mass is 19.1. The zero-order valence-electron chi connectivity index (χ0n) is 27.4. The van der Waals surface area contributed by atoms with Crippen LogP contribution < -0.4 is 5.73 Å². The van der Waals surface area contributed by atoms with Crippen molar-refractivity contribution in [2.75, 3.05) is 18.9 Å². The zero-order valence-corrected chi connectivity index (χ0v) is 27.4. The first-order valence-electron chi connectivity index (χ1n) is 16.6. The number of nitrogen functional groups attached to an aromatic ring is 1. The van der Waals surface area contributed by atoms with Gasteiger partial charge in [-0.1, -0.05) is 56.3 Å². The highest BCUT2D eigenvalue weighted by Gasteiger charge is 2.76. The topological polar surface area (TPSA) is 119 Å². The van der Waals surface area contributed by atoms with Crippen molar-refractivity contribution in [1.82, 2.24) is 0 Å². The molecular weight excluding hydrogens is 604 g/mol. The number of rotatable bonds is 9. The number of ether oxygens (including phenoxy) is 2. The van der Waals surface area contributed by atoms with E-state index >= 15 is 8.78 Å². The van der Waals surface area contributed by atoms with Crippen molar-refractivity contribution in [3.8, 4) is 0 Å². The number of nitrogens with two attached hydrogens (primary N) is 1. The highest BCUT2D eigenvalue weighted by molar-refractivity contribution is 6.01. The lowest BCUT2D eigenvalue weighted by atomic mass is 9.44. The number of ketones is 2. The molecule has 9 heteroatoms. The van der Waals surface area contributed by atoms with Gasteiger partial charge in [-0.15, -0.1) is 0 Å². The molecular formula is C38H45F2NO6. The fourth-order valence-electron chi connectivity index (χ4n) is 9.53. The Morgan fingerprint density at radius 1 is 1.11 bits per heavy atom. The van der Waals surface area contributed by atoms with Crippen LogP contribution in [0.5, 0.6) is 0 Å². The number of hydrogen-bond donors (Lipinski definition) is 3. The van der Waals surface area contributed by atoms with Crippen molar-refractivity contribution >= 4 is 17.3 Å². The first-order valence-corrected chi connectivity index (χ1v) is 16.6. The first-order chi connectivity index (χ1) is 22.3. The third kappa shape index (κ3) is 4.95. The van der Waals surface area contributed by atoms with Crippen LogP contribution in [0.2, 0.25) is 0 Å². The molecule has 3 fully saturated rings. The van der Waals surface area contributed by atoms with Crippen LogP contribution in [0.25, 0.3) is 0 Å². The van der Waals surface area contributed by atoms with Crippen LogP contribution in [0.1, 0.15) is 82.3 Å². The summed E-state index contributed by atoms with van der Waals surface area (Å²) in [5.41, 5.74) is 2.89. The van der Waals surface area contributed by atoms with Crippen LogP contribution >= 0.6 is 0 Å². The molecule has 0 unspecified atom stereocenters. The number of alkyl halides is 2. The summed E-state index contributed by atoms with van der Waals surface area (Å²) in [6, 6.07) is 15.4. The van der Waals surface area contributed by atoms with Gasteiger partial charge in [0.15, 0.2) is 23.5 Å². The molecule has 0 bridgehead atoms. The summed E-state index contributed by atoms with van der Waals surface area (Å²) >= 11 is 0. The van der Waals surface area contributed by atoms with Gasteiger partial charge in [-0.2, -0.15) is 0 Å². The van der Waals surface area contributed by atoms with Gasteiger partial charge in [-0.05, 0) is 86.4 Å². The maximum absolute atomic E-state index is 17.6. The van der Waals surface area contributed by atoms with Gasteiger partial charge >= 0.3 is 0 Å². The molecule has 0 aromatic heterocycles. The van der Waals surface area contributed by atoms with Crippen molar-refractivity contribution in [2.45, 2.75) is 89.1 Å². The minimum absolute atomic E-state index is 0.0447. The Balaban J connectivity index is 1.35. The highest BCUT2D eigenvalue weighted by Crippen LogP contribution is 2.71. The molecule has 2 aromatic carbocycles. The largest absolute Gasteiger partial charge is 0.399 e. The van der Waals surface area contributed by atoms with E-state index in [1.54, 1.807) is 13.8 Å². The van der Waals surface area contributed by atoms with E-state index < -0.39 is 70.7 Å². The third-order valence-corrected chi connectivity index (χ3v) is 12.1. The number of carbonyl (C=O) groups excluding carboxylic acids is 2. The molecule has 0 saturated heterocycles. The molecule has 3 saturated carbocycles. The molecule has 4 N–H and O–H groups in total. The molecule has 4 aliphatic rings. The summed E-state index contributed by atoms with van der Waals surface area (Å²) in [5.74, 6) is -2.46. The molecule has 2 aromatic rings. The Hall–Kier alpha value is -3.24. The fourth-order valence-corrected chi connectivity index (χ4v) is 9.53. The van der Waals surface area contributed by atoms with Crippen LogP contribution in [0.4, 0.5) is 14.5 Å². The molecule has 6 rings (SSSR count). The quantitative estimate of drug-likeness (QED) is 0.222.